The van der Waals surface area contributed by atoms with E-state index in [1.807, 2.05) is 6.07 Å². The van der Waals surface area contributed by atoms with Gasteiger partial charge >= 0.3 is 12.0 Å². The molecular weight excluding hydrogens is 326 g/mol. The van der Waals surface area contributed by atoms with E-state index >= 15 is 0 Å². The molecule has 0 radical (unpaired) electrons. The van der Waals surface area contributed by atoms with Crippen molar-refractivity contribution in [2.24, 2.45) is 5.92 Å². The Morgan fingerprint density at radius 3 is 2.55 bits per heavy atom. The average Bonchev–Trinajstić information content (AvgIpc) is 2.39. The molecule has 0 aromatic heterocycles. The Kier molecular flexibility index (Phi) is 5.53. The van der Waals surface area contributed by atoms with Crippen LogP contribution in [0.15, 0.2) is 22.7 Å². The van der Waals surface area contributed by atoms with E-state index in [1.54, 1.807) is 25.1 Å². The number of urea groups is 1. The molecule has 1 rings (SSSR count). The van der Waals surface area contributed by atoms with E-state index in [4.69, 9.17) is 10.4 Å². The molecule has 1 aromatic carbocycles. The van der Waals surface area contributed by atoms with E-state index in [0.29, 0.717) is 15.7 Å². The minimum atomic E-state index is -0.975. The number of halogens is 1. The van der Waals surface area contributed by atoms with Gasteiger partial charge < -0.3 is 15.7 Å². The lowest BCUT2D eigenvalue weighted by Gasteiger charge is -2.18. The van der Waals surface area contributed by atoms with Crippen LogP contribution in [0.4, 0.5) is 10.5 Å². The maximum absolute atomic E-state index is 11.8. The summed E-state index contributed by atoms with van der Waals surface area (Å²) in [6.45, 7) is 3.14. The first-order valence-corrected chi connectivity index (χ1v) is 6.64. The Morgan fingerprint density at radius 2 is 2.05 bits per heavy atom. The summed E-state index contributed by atoms with van der Waals surface area (Å²) in [5.41, 5.74) is 0.965. The summed E-state index contributed by atoms with van der Waals surface area (Å²) in [6.07, 6.45) is 0. The number of nitrogens with one attached hydrogen (secondary N) is 2. The number of carbonyl (C=O) groups is 2. The van der Waals surface area contributed by atoms with Crippen LogP contribution in [0.3, 0.4) is 0 Å². The Hall–Kier alpha value is -2.07. The molecule has 2 amide bonds. The molecule has 0 heterocycles. The van der Waals surface area contributed by atoms with Gasteiger partial charge in [0, 0.05) is 10.5 Å². The van der Waals surface area contributed by atoms with Gasteiger partial charge in [-0.1, -0.05) is 0 Å². The first-order chi connectivity index (χ1) is 9.35. The molecule has 7 heteroatoms. The van der Waals surface area contributed by atoms with Gasteiger partial charge in [0.25, 0.3) is 0 Å². The Bertz CT molecular complexity index is 568. The number of carboxylic acids is 1. The number of carboxylic acid groups (broad SMARTS) is 1. The molecule has 2 unspecified atom stereocenters. The van der Waals surface area contributed by atoms with E-state index in [9.17, 15) is 9.59 Å². The lowest BCUT2D eigenvalue weighted by atomic mass is 10.0. The van der Waals surface area contributed by atoms with Gasteiger partial charge in [-0.15, -0.1) is 0 Å². The van der Waals surface area contributed by atoms with Crippen molar-refractivity contribution in [1.82, 2.24) is 5.32 Å². The highest BCUT2D eigenvalue weighted by molar-refractivity contribution is 9.10. The smallest absolute Gasteiger partial charge is 0.319 e. The van der Waals surface area contributed by atoms with Crippen LogP contribution in [0.5, 0.6) is 0 Å². The maximum atomic E-state index is 11.8. The number of nitriles is 1. The third-order valence-electron chi connectivity index (χ3n) is 2.84. The van der Waals surface area contributed by atoms with Gasteiger partial charge in [0.2, 0.25) is 0 Å². The summed E-state index contributed by atoms with van der Waals surface area (Å²) >= 11 is 3.25. The SMILES string of the molecule is CC(NC(=O)Nc1ccc(C#N)cc1Br)C(C)C(=O)O. The molecule has 0 bridgehead atoms. The molecule has 0 aliphatic heterocycles. The standard InChI is InChI=1S/C13H14BrN3O3/c1-7(12(18)19)8(2)16-13(20)17-11-4-3-9(6-15)5-10(11)14/h3-5,7-8H,1-2H3,(H,18,19)(H2,16,17,20). The zero-order chi connectivity index (χ0) is 15.3. The summed E-state index contributed by atoms with van der Waals surface area (Å²) in [5.74, 6) is -1.66. The monoisotopic (exact) mass is 339 g/mol. The van der Waals surface area contributed by atoms with E-state index < -0.39 is 24.0 Å². The summed E-state index contributed by atoms with van der Waals surface area (Å²) in [4.78, 5) is 22.6. The van der Waals surface area contributed by atoms with Gasteiger partial charge in [0.05, 0.1) is 23.2 Å². The number of amides is 2. The highest BCUT2D eigenvalue weighted by Crippen LogP contribution is 2.23. The molecule has 106 valence electrons. The molecule has 20 heavy (non-hydrogen) atoms. The number of aliphatic carboxylic acids is 1. The van der Waals surface area contributed by atoms with Crippen LogP contribution >= 0.6 is 15.9 Å². The molecule has 0 spiro atoms. The van der Waals surface area contributed by atoms with Crippen molar-refractivity contribution in [3.05, 3.63) is 28.2 Å². The Labute approximate surface area is 124 Å². The third-order valence-corrected chi connectivity index (χ3v) is 3.50. The molecule has 0 aliphatic rings. The topological polar surface area (TPSA) is 102 Å². The molecule has 0 saturated heterocycles. The molecular formula is C13H14BrN3O3. The van der Waals surface area contributed by atoms with Crippen LogP contribution < -0.4 is 10.6 Å². The largest absolute Gasteiger partial charge is 0.481 e. The molecule has 3 N–H and O–H groups in total. The summed E-state index contributed by atoms with van der Waals surface area (Å²) < 4.78 is 0.575. The minimum Gasteiger partial charge on any atom is -0.481 e. The number of carbonyl (C=O) groups excluding carboxylic acids is 1. The fourth-order valence-corrected chi connectivity index (χ4v) is 1.87. The fourth-order valence-electron chi connectivity index (χ4n) is 1.39. The van der Waals surface area contributed by atoms with Crippen LogP contribution in [0.2, 0.25) is 0 Å². The minimum absolute atomic E-state index is 0.468. The quantitative estimate of drug-likeness (QED) is 0.784. The number of hydrogen-bond donors (Lipinski definition) is 3. The van der Waals surface area contributed by atoms with Crippen molar-refractivity contribution in [3.63, 3.8) is 0 Å². The molecule has 0 saturated carbocycles. The second kappa shape index (κ2) is 6.91. The van der Waals surface area contributed by atoms with Crippen molar-refractivity contribution in [1.29, 1.82) is 5.26 Å². The number of nitrogens with zero attached hydrogens (tertiary/aromatic N) is 1. The first kappa shape index (κ1) is 16.0. The lowest BCUT2D eigenvalue weighted by Crippen LogP contribution is -2.42. The van der Waals surface area contributed by atoms with Crippen molar-refractivity contribution >= 4 is 33.6 Å². The van der Waals surface area contributed by atoms with Crippen LogP contribution in [0.1, 0.15) is 19.4 Å². The molecule has 1 aromatic rings. The summed E-state index contributed by atoms with van der Waals surface area (Å²) in [5, 5.41) is 22.7. The predicted molar refractivity (Wildman–Crippen MR) is 77.3 cm³/mol. The normalized spacial score (nSPS) is 12.9. The molecule has 2 atom stereocenters. The van der Waals surface area contributed by atoms with Crippen molar-refractivity contribution in [3.8, 4) is 6.07 Å². The number of hydrogen-bond acceptors (Lipinski definition) is 3. The van der Waals surface area contributed by atoms with E-state index in [1.165, 1.54) is 6.92 Å². The highest BCUT2D eigenvalue weighted by atomic mass is 79.9. The van der Waals surface area contributed by atoms with Crippen molar-refractivity contribution in [2.45, 2.75) is 19.9 Å². The van der Waals surface area contributed by atoms with Gasteiger partial charge in [-0.2, -0.15) is 5.26 Å². The summed E-state index contributed by atoms with van der Waals surface area (Å²) in [7, 11) is 0. The van der Waals surface area contributed by atoms with Gasteiger partial charge in [-0.25, -0.2) is 4.79 Å². The first-order valence-electron chi connectivity index (χ1n) is 5.85. The number of rotatable bonds is 4. The second-order valence-electron chi connectivity index (χ2n) is 4.32. The van der Waals surface area contributed by atoms with E-state index in [-0.39, 0.29) is 0 Å². The van der Waals surface area contributed by atoms with Gasteiger partial charge in [0.15, 0.2) is 0 Å². The van der Waals surface area contributed by atoms with Gasteiger partial charge in [-0.3, -0.25) is 4.79 Å². The zero-order valence-corrected chi connectivity index (χ0v) is 12.6. The maximum Gasteiger partial charge on any atom is 0.319 e. The average molecular weight is 340 g/mol. The lowest BCUT2D eigenvalue weighted by molar-refractivity contribution is -0.141. The van der Waals surface area contributed by atoms with Crippen molar-refractivity contribution in [2.75, 3.05) is 5.32 Å². The van der Waals surface area contributed by atoms with Crippen LogP contribution in [0, 0.1) is 17.2 Å². The summed E-state index contributed by atoms with van der Waals surface area (Å²) in [6, 6.07) is 5.72. The molecule has 0 aliphatic carbocycles. The second-order valence-corrected chi connectivity index (χ2v) is 5.17. The number of benzene rings is 1. The third kappa shape index (κ3) is 4.24. The molecule has 0 fully saturated rings. The predicted octanol–water partition coefficient (Wildman–Crippen LogP) is 2.55. The van der Waals surface area contributed by atoms with Crippen LogP contribution in [0.25, 0.3) is 0 Å². The Balaban J connectivity index is 2.68. The van der Waals surface area contributed by atoms with Gasteiger partial charge in [-0.05, 0) is 48.0 Å². The zero-order valence-electron chi connectivity index (χ0n) is 11.0. The highest BCUT2D eigenvalue weighted by Gasteiger charge is 2.21. The number of anilines is 1. The van der Waals surface area contributed by atoms with Crippen molar-refractivity contribution < 1.29 is 14.7 Å². The fraction of sp³-hybridized carbons (Fsp3) is 0.308. The Morgan fingerprint density at radius 1 is 1.40 bits per heavy atom. The van der Waals surface area contributed by atoms with E-state index in [2.05, 4.69) is 26.6 Å². The van der Waals surface area contributed by atoms with Crippen LogP contribution in [-0.2, 0) is 4.79 Å². The molecule has 6 nitrogen and oxygen atoms in total. The van der Waals surface area contributed by atoms with Gasteiger partial charge in [0.1, 0.15) is 0 Å². The van der Waals surface area contributed by atoms with E-state index in [0.717, 1.165) is 0 Å². The van der Waals surface area contributed by atoms with Crippen LogP contribution in [-0.4, -0.2) is 23.1 Å².